The molecule has 0 radical (unpaired) electrons. The van der Waals surface area contributed by atoms with Crippen LogP contribution < -0.4 is 5.32 Å². The van der Waals surface area contributed by atoms with Crippen molar-refractivity contribution in [3.63, 3.8) is 0 Å². The van der Waals surface area contributed by atoms with Crippen molar-refractivity contribution in [2.75, 3.05) is 19.0 Å². The van der Waals surface area contributed by atoms with Gasteiger partial charge in [-0.1, -0.05) is 44.2 Å². The molecule has 1 N–H and O–H groups in total. The number of methoxy groups -OCH3 is 1. The van der Waals surface area contributed by atoms with Gasteiger partial charge in [-0.05, 0) is 59.6 Å². The van der Waals surface area contributed by atoms with Gasteiger partial charge in [-0.25, -0.2) is 4.79 Å². The zero-order valence-corrected chi connectivity index (χ0v) is 16.4. The molecule has 2 amide bonds. The van der Waals surface area contributed by atoms with Gasteiger partial charge in [0.15, 0.2) is 0 Å². The van der Waals surface area contributed by atoms with Crippen LogP contribution in [0.4, 0.5) is 10.5 Å². The van der Waals surface area contributed by atoms with E-state index in [4.69, 9.17) is 4.74 Å². The van der Waals surface area contributed by atoms with Crippen LogP contribution in [-0.4, -0.2) is 30.7 Å². The van der Waals surface area contributed by atoms with Crippen LogP contribution in [-0.2, 0) is 24.0 Å². The van der Waals surface area contributed by atoms with E-state index in [1.54, 1.807) is 7.11 Å². The van der Waals surface area contributed by atoms with Gasteiger partial charge < -0.3 is 15.0 Å². The molecule has 0 bridgehead atoms. The summed E-state index contributed by atoms with van der Waals surface area (Å²) in [7, 11) is 1.76. The maximum absolute atomic E-state index is 13.1. The molecule has 4 rings (SSSR count). The monoisotopic (exact) mass is 364 g/mol. The van der Waals surface area contributed by atoms with Crippen LogP contribution in [0.2, 0.25) is 0 Å². The molecule has 0 spiro atoms. The summed E-state index contributed by atoms with van der Waals surface area (Å²) >= 11 is 0. The van der Waals surface area contributed by atoms with Crippen LogP contribution in [0.15, 0.2) is 42.5 Å². The van der Waals surface area contributed by atoms with Crippen LogP contribution >= 0.6 is 0 Å². The second-order valence-electron chi connectivity index (χ2n) is 8.01. The number of nitrogens with one attached hydrogen (secondary N) is 1. The van der Waals surface area contributed by atoms with Crippen molar-refractivity contribution in [1.82, 2.24) is 4.90 Å². The predicted octanol–water partition coefficient (Wildman–Crippen LogP) is 4.59. The highest BCUT2D eigenvalue weighted by Gasteiger charge is 2.33. The molecule has 0 fully saturated rings. The van der Waals surface area contributed by atoms with Crippen LogP contribution in [0.1, 0.15) is 42.1 Å². The molecule has 1 aliphatic heterocycles. The van der Waals surface area contributed by atoms with Crippen molar-refractivity contribution in [3.05, 3.63) is 64.7 Å². The summed E-state index contributed by atoms with van der Waals surface area (Å²) in [6.45, 7) is 5.13. The number of rotatable bonds is 3. The number of benzene rings is 2. The van der Waals surface area contributed by atoms with E-state index >= 15 is 0 Å². The Hall–Kier alpha value is -2.33. The van der Waals surface area contributed by atoms with Crippen molar-refractivity contribution in [2.45, 2.75) is 45.3 Å². The Morgan fingerprint density at radius 1 is 1.11 bits per heavy atom. The molecule has 0 saturated carbocycles. The average molecular weight is 364 g/mol. The van der Waals surface area contributed by atoms with Gasteiger partial charge in [-0.2, -0.15) is 0 Å². The third-order valence-electron chi connectivity index (χ3n) is 5.91. The van der Waals surface area contributed by atoms with Gasteiger partial charge in [0, 0.05) is 19.3 Å². The molecule has 4 heteroatoms. The summed E-state index contributed by atoms with van der Waals surface area (Å²) in [5, 5.41) is 3.14. The molecule has 0 aromatic heterocycles. The van der Waals surface area contributed by atoms with Gasteiger partial charge in [0.1, 0.15) is 0 Å². The fourth-order valence-electron chi connectivity index (χ4n) is 4.56. The van der Waals surface area contributed by atoms with E-state index in [-0.39, 0.29) is 18.2 Å². The summed E-state index contributed by atoms with van der Waals surface area (Å²) in [5.41, 5.74) is 6.13. The molecule has 2 aromatic rings. The lowest BCUT2D eigenvalue weighted by Crippen LogP contribution is -2.44. The Kier molecular flexibility index (Phi) is 4.92. The Labute approximate surface area is 161 Å². The number of urea groups is 1. The third-order valence-corrected chi connectivity index (χ3v) is 5.91. The molecule has 142 valence electrons. The van der Waals surface area contributed by atoms with E-state index in [1.807, 2.05) is 11.0 Å². The Balaban J connectivity index is 1.53. The lowest BCUT2D eigenvalue weighted by Gasteiger charge is -2.39. The van der Waals surface area contributed by atoms with Gasteiger partial charge in [0.25, 0.3) is 0 Å². The molecule has 2 unspecified atom stereocenters. The van der Waals surface area contributed by atoms with Crippen LogP contribution in [0.5, 0.6) is 0 Å². The highest BCUT2D eigenvalue weighted by molar-refractivity contribution is 5.90. The number of carbonyl (C=O) groups excluding carboxylic acids is 1. The molecule has 1 aliphatic carbocycles. The summed E-state index contributed by atoms with van der Waals surface area (Å²) in [6, 6.07) is 14.9. The van der Waals surface area contributed by atoms with E-state index in [9.17, 15) is 4.79 Å². The molecule has 4 nitrogen and oxygen atoms in total. The smallest absolute Gasteiger partial charge is 0.322 e. The molecule has 2 atom stereocenters. The second-order valence-corrected chi connectivity index (χ2v) is 8.01. The number of amides is 2. The molecule has 0 saturated heterocycles. The van der Waals surface area contributed by atoms with Gasteiger partial charge in [-0.3, -0.25) is 0 Å². The largest absolute Gasteiger partial charge is 0.381 e. The number of carbonyl (C=O) groups is 1. The molecule has 2 aromatic carbocycles. The first-order chi connectivity index (χ1) is 13.1. The standard InChI is InChI=1S/C23H28N2O2/c1-15(2)22-21-7-5-4-6-16(21)10-11-25(22)23(26)24-19-9-8-17-13-20(27-3)14-18(17)12-19/h4-9,12,15,20,22H,10-11,13-14H2,1-3H3,(H,24,26). The van der Waals surface area contributed by atoms with Crippen molar-refractivity contribution in [1.29, 1.82) is 0 Å². The molecule has 1 heterocycles. The topological polar surface area (TPSA) is 41.6 Å². The Bertz CT molecular complexity index is 846. The van der Waals surface area contributed by atoms with Crippen molar-refractivity contribution in [3.8, 4) is 0 Å². The van der Waals surface area contributed by atoms with Gasteiger partial charge >= 0.3 is 6.03 Å². The molecular weight excluding hydrogens is 336 g/mol. The number of ether oxygens (including phenoxy) is 1. The lowest BCUT2D eigenvalue weighted by atomic mass is 9.86. The Morgan fingerprint density at radius 3 is 2.67 bits per heavy atom. The van der Waals surface area contributed by atoms with Gasteiger partial charge in [0.2, 0.25) is 0 Å². The molecule has 2 aliphatic rings. The zero-order chi connectivity index (χ0) is 19.0. The first-order valence-corrected chi connectivity index (χ1v) is 9.87. The number of hydrogen-bond donors (Lipinski definition) is 1. The van der Waals surface area contributed by atoms with E-state index < -0.39 is 0 Å². The maximum Gasteiger partial charge on any atom is 0.322 e. The van der Waals surface area contributed by atoms with E-state index in [0.717, 1.165) is 31.5 Å². The minimum Gasteiger partial charge on any atom is -0.381 e. The highest BCUT2D eigenvalue weighted by Crippen LogP contribution is 2.35. The fourth-order valence-corrected chi connectivity index (χ4v) is 4.56. The van der Waals surface area contributed by atoms with Crippen LogP contribution in [0, 0.1) is 5.92 Å². The van der Waals surface area contributed by atoms with Crippen molar-refractivity contribution >= 4 is 11.7 Å². The second kappa shape index (κ2) is 7.35. The van der Waals surface area contributed by atoms with E-state index in [0.29, 0.717) is 5.92 Å². The van der Waals surface area contributed by atoms with E-state index in [1.165, 1.54) is 22.3 Å². The summed E-state index contributed by atoms with van der Waals surface area (Å²) in [6.07, 6.45) is 3.04. The number of hydrogen-bond acceptors (Lipinski definition) is 2. The van der Waals surface area contributed by atoms with Gasteiger partial charge in [0.05, 0.1) is 12.1 Å². The third kappa shape index (κ3) is 3.46. The minimum absolute atomic E-state index is 0.00978. The quantitative estimate of drug-likeness (QED) is 0.866. The SMILES string of the molecule is COC1Cc2ccc(NC(=O)N3CCc4ccccc4C3C(C)C)cc2C1. The number of nitrogens with zero attached hydrogens (tertiary/aromatic N) is 1. The summed E-state index contributed by atoms with van der Waals surface area (Å²) in [4.78, 5) is 15.1. The molecular formula is C23H28N2O2. The first-order valence-electron chi connectivity index (χ1n) is 9.87. The normalized spacial score (nSPS) is 21.1. The van der Waals surface area contributed by atoms with Gasteiger partial charge in [-0.15, -0.1) is 0 Å². The molecule has 27 heavy (non-hydrogen) atoms. The van der Waals surface area contributed by atoms with E-state index in [2.05, 4.69) is 55.6 Å². The first kappa shape index (κ1) is 18.1. The summed E-state index contributed by atoms with van der Waals surface area (Å²) < 4.78 is 5.49. The minimum atomic E-state index is -0.00978. The predicted molar refractivity (Wildman–Crippen MR) is 108 cm³/mol. The van der Waals surface area contributed by atoms with Crippen molar-refractivity contribution in [2.24, 2.45) is 5.92 Å². The van der Waals surface area contributed by atoms with Crippen LogP contribution in [0.25, 0.3) is 0 Å². The highest BCUT2D eigenvalue weighted by atomic mass is 16.5. The number of anilines is 1. The zero-order valence-electron chi connectivity index (χ0n) is 16.4. The van der Waals surface area contributed by atoms with Crippen LogP contribution in [0.3, 0.4) is 0 Å². The number of fused-ring (bicyclic) bond motifs is 2. The Morgan fingerprint density at radius 2 is 1.89 bits per heavy atom. The average Bonchev–Trinajstić information content (AvgIpc) is 3.09. The van der Waals surface area contributed by atoms with Crippen molar-refractivity contribution < 1.29 is 9.53 Å². The fraction of sp³-hybridized carbons (Fsp3) is 0.435. The lowest BCUT2D eigenvalue weighted by molar-refractivity contribution is 0.112. The maximum atomic E-state index is 13.1. The summed E-state index contributed by atoms with van der Waals surface area (Å²) in [5.74, 6) is 0.361.